The molecule has 2 unspecified atom stereocenters. The van der Waals surface area contributed by atoms with Crippen LogP contribution in [0.5, 0.6) is 0 Å². The molecule has 0 radical (unpaired) electrons. The first-order valence-corrected chi connectivity index (χ1v) is 39.7. The fourth-order valence-electron chi connectivity index (χ4n) is 20.6. The van der Waals surface area contributed by atoms with Gasteiger partial charge in [-0.25, -0.2) is 0 Å². The predicted molar refractivity (Wildman–Crippen MR) is 477 cm³/mol. The topological polar surface area (TPSA) is 0 Å². The van der Waals surface area contributed by atoms with Crippen LogP contribution in [0.15, 0.2) is 376 Å². The second-order valence-corrected chi connectivity index (χ2v) is 32.3. The second kappa shape index (κ2) is 25.5. The average Bonchev–Trinajstić information content (AvgIpc) is 1.37. The van der Waals surface area contributed by atoms with Crippen molar-refractivity contribution in [2.24, 2.45) is 0 Å². The van der Waals surface area contributed by atoms with Gasteiger partial charge in [0.2, 0.25) is 0 Å². The molecule has 526 valence electrons. The number of rotatable bonds is 8. The van der Waals surface area contributed by atoms with Crippen molar-refractivity contribution in [2.75, 3.05) is 0 Å². The van der Waals surface area contributed by atoms with Crippen LogP contribution in [0, 0.1) is 0 Å². The summed E-state index contributed by atoms with van der Waals surface area (Å²) in [5.41, 5.74) is 34.4. The highest BCUT2D eigenvalue weighted by molar-refractivity contribution is 6.24. The van der Waals surface area contributed by atoms with Crippen molar-refractivity contribution in [3.05, 3.63) is 443 Å². The molecule has 4 aliphatic carbocycles. The molecule has 0 heterocycles. The zero-order valence-electron chi connectivity index (χ0n) is 63.1. The Labute approximate surface area is 654 Å². The van der Waals surface area contributed by atoms with Crippen molar-refractivity contribution in [2.45, 2.75) is 50.4 Å². The highest BCUT2D eigenvalue weighted by Gasteiger charge is 2.40. The van der Waals surface area contributed by atoms with Gasteiger partial charge in [-0.05, 0) is 256 Å². The van der Waals surface area contributed by atoms with Crippen LogP contribution in [0.1, 0.15) is 106 Å². The highest BCUT2D eigenvalue weighted by atomic mass is 14.4. The van der Waals surface area contributed by atoms with Crippen molar-refractivity contribution in [3.63, 3.8) is 0 Å². The molecule has 19 aromatic carbocycles. The first-order valence-electron chi connectivity index (χ1n) is 39.7. The van der Waals surface area contributed by atoms with Crippen molar-refractivity contribution < 1.29 is 0 Å². The zero-order chi connectivity index (χ0) is 74.5. The summed E-state index contributed by atoms with van der Waals surface area (Å²) in [5.74, 6) is 0.384. The van der Waals surface area contributed by atoms with Gasteiger partial charge in [0, 0.05) is 22.7 Å². The molecule has 4 aliphatic rings. The third-order valence-corrected chi connectivity index (χ3v) is 25.6. The number of fused-ring (bicyclic) bond motifs is 18. The standard InChI is InChI=1S/C58H40.C54H38/c1-58(2)52-33-32-40(35-51(52)56-44-22-10-8-20-42(44)43-21-9-15-27-49(43)57(56)58)55-47-25-13-11-23-45(47)54(46-24-12-14-26-48(46)55)38-30-28-37(29-31-38)53-41-19-7-6-18-39(41)34-50(53)36-16-4-3-5-17-36;1-54(2)49-29-28-40(32-47(49)48-30-37-16-6-7-17-38(37)33-50(48)54)53-44-22-12-10-20-42(44)52(43-21-11-13-23-45(43)53)36-26-24-35(25-27-36)51-41-19-9-8-18-39(41)31-46(51)34-14-4-3-5-15-34/h3-35,53H,1-2H3;3-33,51H,1-2H3. The molecule has 0 bridgehead atoms. The second-order valence-electron chi connectivity index (χ2n) is 32.3. The van der Waals surface area contributed by atoms with E-state index in [0.29, 0.717) is 0 Å². The third-order valence-electron chi connectivity index (χ3n) is 25.6. The van der Waals surface area contributed by atoms with Crippen LogP contribution in [0.25, 0.3) is 165 Å². The minimum Gasteiger partial charge on any atom is -0.0622 e. The van der Waals surface area contributed by atoms with Gasteiger partial charge in [0.25, 0.3) is 0 Å². The molecule has 0 saturated heterocycles. The van der Waals surface area contributed by atoms with Gasteiger partial charge >= 0.3 is 0 Å². The van der Waals surface area contributed by atoms with E-state index in [1.54, 1.807) is 0 Å². The fourth-order valence-corrected chi connectivity index (χ4v) is 20.6. The third kappa shape index (κ3) is 10.1. The fraction of sp³-hybridized carbons (Fsp3) is 0.0714. The summed E-state index contributed by atoms with van der Waals surface area (Å²) in [5, 5.41) is 18.2. The Bertz CT molecular complexity index is 7090. The van der Waals surface area contributed by atoms with E-state index in [2.05, 4.69) is 416 Å². The SMILES string of the molecule is CC1(C)c2ccc(-c3c4ccccc4c(-c4ccc(C5C(c6ccccc6)=Cc6ccccc65)cc4)c4ccccc34)cc2-c2c1c1ccccc1c1ccccc21.CC1(C)c2ccc(-c3c4ccccc4c(-c4ccc(C5C(c6ccccc6)=Cc6ccccc65)cc4)c4ccccc34)cc2-c2cc3ccccc3cc21. The molecule has 0 saturated carbocycles. The molecular formula is C112H78. The minimum absolute atomic E-state index is 0.0639. The Hall–Kier alpha value is -13.5. The van der Waals surface area contributed by atoms with E-state index < -0.39 is 0 Å². The Balaban J connectivity index is 0.000000138. The van der Waals surface area contributed by atoms with E-state index in [4.69, 9.17) is 0 Å². The van der Waals surface area contributed by atoms with Crippen molar-refractivity contribution in [3.8, 4) is 66.8 Å². The summed E-state index contributed by atoms with van der Waals surface area (Å²) in [6.45, 7) is 9.57. The summed E-state index contributed by atoms with van der Waals surface area (Å²) in [4.78, 5) is 0. The zero-order valence-corrected chi connectivity index (χ0v) is 63.1. The summed E-state index contributed by atoms with van der Waals surface area (Å²) in [6.07, 6.45) is 4.76. The van der Waals surface area contributed by atoms with Crippen LogP contribution < -0.4 is 0 Å². The summed E-state index contributed by atoms with van der Waals surface area (Å²) >= 11 is 0. The van der Waals surface area contributed by atoms with Gasteiger partial charge < -0.3 is 0 Å². The highest BCUT2D eigenvalue weighted by Crippen LogP contribution is 2.58. The lowest BCUT2D eigenvalue weighted by atomic mass is 9.79. The van der Waals surface area contributed by atoms with E-state index in [-0.39, 0.29) is 22.7 Å². The van der Waals surface area contributed by atoms with Crippen LogP contribution in [-0.2, 0) is 10.8 Å². The van der Waals surface area contributed by atoms with Gasteiger partial charge in [-0.15, -0.1) is 0 Å². The first-order chi connectivity index (χ1) is 55.1. The molecule has 0 aliphatic heterocycles. The molecule has 0 nitrogen and oxygen atoms in total. The summed E-state index contributed by atoms with van der Waals surface area (Å²) in [7, 11) is 0. The monoisotopic (exact) mass is 1420 g/mol. The Kier molecular flexibility index (Phi) is 14.9. The first kappa shape index (κ1) is 65.6. The van der Waals surface area contributed by atoms with E-state index in [0.717, 1.165) is 0 Å². The molecule has 0 spiro atoms. The smallest absolute Gasteiger partial charge is 0.0352 e. The molecular weight excluding hydrogens is 1350 g/mol. The summed E-state index contributed by atoms with van der Waals surface area (Å²) < 4.78 is 0. The average molecular weight is 1420 g/mol. The summed E-state index contributed by atoms with van der Waals surface area (Å²) in [6, 6.07) is 141. The van der Waals surface area contributed by atoms with Gasteiger partial charge in [-0.2, -0.15) is 0 Å². The van der Waals surface area contributed by atoms with Crippen molar-refractivity contribution in [1.29, 1.82) is 0 Å². The van der Waals surface area contributed by atoms with Gasteiger partial charge in [0.1, 0.15) is 0 Å². The Morgan fingerprint density at radius 1 is 0.205 bits per heavy atom. The van der Waals surface area contributed by atoms with Gasteiger partial charge in [0.15, 0.2) is 0 Å². The van der Waals surface area contributed by atoms with Crippen molar-refractivity contribution >= 4 is 98.7 Å². The number of allylic oxidation sites excluding steroid dienone is 2. The molecule has 2 atom stereocenters. The number of benzene rings is 19. The van der Waals surface area contributed by atoms with Gasteiger partial charge in [-0.1, -0.05) is 380 Å². The van der Waals surface area contributed by atoms with Gasteiger partial charge in [-0.3, -0.25) is 0 Å². The van der Waals surface area contributed by atoms with Crippen LogP contribution in [0.2, 0.25) is 0 Å². The minimum atomic E-state index is -0.134. The van der Waals surface area contributed by atoms with Crippen LogP contribution in [0.3, 0.4) is 0 Å². The maximum Gasteiger partial charge on any atom is 0.0352 e. The van der Waals surface area contributed by atoms with Crippen LogP contribution in [0.4, 0.5) is 0 Å². The molecule has 0 aromatic heterocycles. The maximum absolute atomic E-state index is 2.50. The van der Waals surface area contributed by atoms with Gasteiger partial charge in [0.05, 0.1) is 0 Å². The Morgan fingerprint density at radius 2 is 0.518 bits per heavy atom. The molecule has 19 aromatic rings. The lowest BCUT2D eigenvalue weighted by Crippen LogP contribution is -2.15. The normalized spacial score (nSPS) is 15.2. The Morgan fingerprint density at radius 3 is 0.955 bits per heavy atom. The number of hydrogen-bond donors (Lipinski definition) is 0. The van der Waals surface area contributed by atoms with E-state index >= 15 is 0 Å². The lowest BCUT2D eigenvalue weighted by molar-refractivity contribution is 0.661. The van der Waals surface area contributed by atoms with E-state index in [1.165, 1.54) is 220 Å². The molecule has 112 heavy (non-hydrogen) atoms. The molecule has 0 amide bonds. The largest absolute Gasteiger partial charge is 0.0622 e. The lowest BCUT2D eigenvalue weighted by Gasteiger charge is -2.24. The molecule has 0 fully saturated rings. The number of hydrogen-bond acceptors (Lipinski definition) is 0. The van der Waals surface area contributed by atoms with E-state index in [9.17, 15) is 0 Å². The predicted octanol–water partition coefficient (Wildman–Crippen LogP) is 30.1. The van der Waals surface area contributed by atoms with E-state index in [1.807, 2.05) is 0 Å². The quantitative estimate of drug-likeness (QED) is 0.105. The molecule has 0 heteroatoms. The molecule has 23 rings (SSSR count). The maximum atomic E-state index is 2.50. The molecule has 0 N–H and O–H groups in total. The van der Waals surface area contributed by atoms with Crippen molar-refractivity contribution in [1.82, 2.24) is 0 Å². The van der Waals surface area contributed by atoms with Crippen LogP contribution in [-0.4, -0.2) is 0 Å². The van der Waals surface area contributed by atoms with Crippen LogP contribution >= 0.6 is 0 Å².